The van der Waals surface area contributed by atoms with Crippen LogP contribution in [0.1, 0.15) is 26.5 Å². The third kappa shape index (κ3) is 5.32. The van der Waals surface area contributed by atoms with Crippen LogP contribution in [0.15, 0.2) is 47.1 Å². The maximum atomic E-state index is 13.1. The summed E-state index contributed by atoms with van der Waals surface area (Å²) in [5, 5.41) is 0. The van der Waals surface area contributed by atoms with E-state index in [-0.39, 0.29) is 12.4 Å². The predicted octanol–water partition coefficient (Wildman–Crippen LogP) is 4.92. The largest absolute Gasteiger partial charge is 0.443 e. The van der Waals surface area contributed by atoms with Crippen LogP contribution in [0.3, 0.4) is 0 Å². The van der Waals surface area contributed by atoms with E-state index in [1.54, 1.807) is 26.8 Å². The van der Waals surface area contributed by atoms with Gasteiger partial charge >= 0.3 is 6.09 Å². The van der Waals surface area contributed by atoms with Gasteiger partial charge in [0, 0.05) is 5.69 Å². The van der Waals surface area contributed by atoms with Crippen molar-refractivity contribution in [2.75, 3.05) is 4.90 Å². The number of halogens is 2. The molecule has 0 aliphatic heterocycles. The monoisotopic (exact) mass is 380 g/mol. The lowest BCUT2D eigenvalue weighted by Gasteiger charge is -2.27. The molecule has 1 amide bonds. The van der Waals surface area contributed by atoms with E-state index in [2.05, 4.69) is 20.9 Å². The van der Waals surface area contributed by atoms with Crippen LogP contribution in [-0.2, 0) is 11.3 Å². The lowest BCUT2D eigenvalue weighted by Crippen LogP contribution is -2.36. The van der Waals surface area contributed by atoms with Crippen molar-refractivity contribution in [3.8, 4) is 0 Å². The van der Waals surface area contributed by atoms with Gasteiger partial charge in [-0.3, -0.25) is 4.90 Å². The molecule has 0 fully saturated rings. The highest BCUT2D eigenvalue weighted by Crippen LogP contribution is 2.21. The maximum absolute atomic E-state index is 13.1. The van der Waals surface area contributed by atoms with Crippen LogP contribution in [0.5, 0.6) is 0 Å². The Balaban J connectivity index is 2.30. The van der Waals surface area contributed by atoms with Gasteiger partial charge in [-0.05, 0) is 73.1 Å². The van der Waals surface area contributed by atoms with Gasteiger partial charge in [0.15, 0.2) is 0 Å². The first-order chi connectivity index (χ1) is 10.7. The summed E-state index contributed by atoms with van der Waals surface area (Å²) >= 11 is 3.31. The van der Waals surface area contributed by atoms with E-state index in [9.17, 15) is 9.18 Å². The maximum Gasteiger partial charge on any atom is 0.415 e. The van der Waals surface area contributed by atoms with Gasteiger partial charge in [-0.2, -0.15) is 0 Å². The van der Waals surface area contributed by atoms with Crippen LogP contribution < -0.4 is 4.90 Å². The van der Waals surface area contributed by atoms with Crippen LogP contribution in [0.2, 0.25) is 0 Å². The highest BCUT2D eigenvalue weighted by molar-refractivity contribution is 9.10. The summed E-state index contributed by atoms with van der Waals surface area (Å²) in [4.78, 5) is 18.3. The number of hydrogen-bond donors (Lipinski definition) is 0. The van der Waals surface area contributed by atoms with E-state index in [0.717, 1.165) is 0 Å². The minimum absolute atomic E-state index is 0.222. The van der Waals surface area contributed by atoms with Gasteiger partial charge < -0.3 is 4.74 Å². The first kappa shape index (κ1) is 17.4. The molecule has 2 aromatic rings. The number of anilines is 1. The Morgan fingerprint density at radius 2 is 1.87 bits per heavy atom. The smallest absolute Gasteiger partial charge is 0.415 e. The molecule has 0 unspecified atom stereocenters. The molecule has 1 aromatic heterocycles. The Hall–Kier alpha value is -1.95. The van der Waals surface area contributed by atoms with E-state index >= 15 is 0 Å². The van der Waals surface area contributed by atoms with E-state index in [1.165, 1.54) is 29.2 Å². The molecule has 1 aromatic carbocycles. The van der Waals surface area contributed by atoms with Crippen LogP contribution in [0.4, 0.5) is 14.9 Å². The Labute approximate surface area is 143 Å². The van der Waals surface area contributed by atoms with Crippen molar-refractivity contribution in [2.45, 2.75) is 32.9 Å². The van der Waals surface area contributed by atoms with Gasteiger partial charge in [-0.1, -0.05) is 6.07 Å². The van der Waals surface area contributed by atoms with Crippen molar-refractivity contribution in [3.05, 3.63) is 58.6 Å². The quantitative estimate of drug-likeness (QED) is 0.709. The third-order valence-electron chi connectivity index (χ3n) is 2.85. The molecule has 6 heteroatoms. The number of amides is 1. The van der Waals surface area contributed by atoms with Gasteiger partial charge in [0.05, 0.1) is 12.2 Å². The zero-order chi connectivity index (χ0) is 17.0. The van der Waals surface area contributed by atoms with E-state index in [0.29, 0.717) is 16.0 Å². The van der Waals surface area contributed by atoms with Crippen LogP contribution in [0.25, 0.3) is 0 Å². The second-order valence-corrected chi connectivity index (χ2v) is 6.81. The van der Waals surface area contributed by atoms with Crippen molar-refractivity contribution in [2.24, 2.45) is 0 Å². The highest BCUT2D eigenvalue weighted by atomic mass is 79.9. The van der Waals surface area contributed by atoms with Crippen molar-refractivity contribution >= 4 is 27.7 Å². The summed E-state index contributed by atoms with van der Waals surface area (Å²) in [5.74, 6) is -0.363. The summed E-state index contributed by atoms with van der Waals surface area (Å²) in [7, 11) is 0. The third-order valence-corrected chi connectivity index (χ3v) is 3.29. The number of aromatic nitrogens is 1. The fourth-order valence-electron chi connectivity index (χ4n) is 1.90. The molecule has 0 spiro atoms. The van der Waals surface area contributed by atoms with E-state index in [1.807, 2.05) is 12.1 Å². The summed E-state index contributed by atoms with van der Waals surface area (Å²) in [6.45, 7) is 5.61. The second-order valence-electron chi connectivity index (χ2n) is 5.99. The summed E-state index contributed by atoms with van der Waals surface area (Å²) < 4.78 is 19.3. The number of benzene rings is 1. The molecule has 4 nitrogen and oxygen atoms in total. The Kier molecular flexibility index (Phi) is 5.36. The van der Waals surface area contributed by atoms with Gasteiger partial charge in [0.2, 0.25) is 0 Å². The molecule has 0 aliphatic rings. The zero-order valence-electron chi connectivity index (χ0n) is 13.2. The van der Waals surface area contributed by atoms with Crippen molar-refractivity contribution in [3.63, 3.8) is 0 Å². The van der Waals surface area contributed by atoms with E-state index < -0.39 is 11.7 Å². The summed E-state index contributed by atoms with van der Waals surface area (Å²) in [6.07, 6.45) is -0.508. The van der Waals surface area contributed by atoms with Crippen molar-refractivity contribution in [1.82, 2.24) is 4.98 Å². The molecule has 0 N–H and O–H groups in total. The van der Waals surface area contributed by atoms with Crippen LogP contribution in [-0.4, -0.2) is 16.7 Å². The first-order valence-corrected chi connectivity index (χ1v) is 7.91. The second kappa shape index (κ2) is 7.08. The number of rotatable bonds is 3. The van der Waals surface area contributed by atoms with Crippen molar-refractivity contribution < 1.29 is 13.9 Å². The normalized spacial score (nSPS) is 11.2. The molecule has 2 rings (SSSR count). The van der Waals surface area contributed by atoms with Crippen LogP contribution in [0, 0.1) is 5.82 Å². The van der Waals surface area contributed by atoms with Gasteiger partial charge in [0.1, 0.15) is 16.0 Å². The predicted molar refractivity (Wildman–Crippen MR) is 90.8 cm³/mol. The Bertz CT molecular complexity index is 684. The molecule has 122 valence electrons. The SMILES string of the molecule is CC(C)(C)OC(=O)N(Cc1cccc(Br)n1)c1ccc(F)cc1. The molecule has 0 radical (unpaired) electrons. The number of carbonyl (C=O) groups is 1. The molecule has 0 saturated heterocycles. The lowest BCUT2D eigenvalue weighted by molar-refractivity contribution is 0.0577. The van der Waals surface area contributed by atoms with Crippen molar-refractivity contribution in [1.29, 1.82) is 0 Å². The highest BCUT2D eigenvalue weighted by Gasteiger charge is 2.24. The van der Waals surface area contributed by atoms with Crippen LogP contribution >= 0.6 is 15.9 Å². The number of carbonyl (C=O) groups excluding carboxylic acids is 1. The molecular formula is C17H18BrFN2O2. The minimum Gasteiger partial charge on any atom is -0.443 e. The average molecular weight is 381 g/mol. The summed E-state index contributed by atoms with van der Waals surface area (Å²) in [6, 6.07) is 11.1. The fourth-order valence-corrected chi connectivity index (χ4v) is 2.28. The molecule has 0 atom stereocenters. The first-order valence-electron chi connectivity index (χ1n) is 7.12. The molecule has 0 saturated carbocycles. The van der Waals surface area contributed by atoms with Gasteiger partial charge in [-0.25, -0.2) is 14.2 Å². The number of nitrogens with zero attached hydrogens (tertiary/aromatic N) is 2. The molecule has 23 heavy (non-hydrogen) atoms. The molecule has 0 bridgehead atoms. The number of hydrogen-bond acceptors (Lipinski definition) is 3. The van der Waals surface area contributed by atoms with Gasteiger partial charge in [0.25, 0.3) is 0 Å². The zero-order valence-corrected chi connectivity index (χ0v) is 14.8. The molecular weight excluding hydrogens is 363 g/mol. The average Bonchev–Trinajstić information content (AvgIpc) is 2.44. The standard InChI is InChI=1S/C17H18BrFN2O2/c1-17(2,3)23-16(22)21(14-9-7-12(19)8-10-14)11-13-5-4-6-15(18)20-13/h4-10H,11H2,1-3H3. The minimum atomic E-state index is -0.625. The Morgan fingerprint density at radius 3 is 2.43 bits per heavy atom. The number of pyridine rings is 1. The fraction of sp³-hybridized carbons (Fsp3) is 0.294. The summed E-state index contributed by atoms with van der Waals surface area (Å²) in [5.41, 5.74) is 0.608. The molecule has 1 heterocycles. The van der Waals surface area contributed by atoms with E-state index in [4.69, 9.17) is 4.74 Å². The molecule has 0 aliphatic carbocycles. The van der Waals surface area contributed by atoms with Gasteiger partial charge in [-0.15, -0.1) is 0 Å². The Morgan fingerprint density at radius 1 is 1.22 bits per heavy atom. The topological polar surface area (TPSA) is 42.4 Å². The lowest BCUT2D eigenvalue weighted by atomic mass is 10.2. The number of ether oxygens (including phenoxy) is 1.